The number of fused-ring (bicyclic) bond motifs is 2. The summed E-state index contributed by atoms with van der Waals surface area (Å²) in [5.41, 5.74) is 24.1. The van der Waals surface area contributed by atoms with Crippen molar-refractivity contribution in [2.45, 2.75) is 189 Å². The van der Waals surface area contributed by atoms with E-state index in [9.17, 15) is 96.5 Å². The molecule has 4 aromatic rings. The standard InChI is InChI=1S/C78H114N24O20S4/c1-41(67(113)97-55(39-123)65(79)111)99(3)75(121)57-21-13-27-101(57)73(119)53(31-43-35-87-47-17-7-5-15-45(43)47)95-71(117)51(33-63(107)108)93-61(105)37-89-69(115)49(19-9-11-25-85-77(81)82)91-59(103)23-29-125-126-30-24-60(104)92-50(20-10-12-26-86-78(83)84)70(116)90-38-62(106)94-52(34-64(109)110)72(118)96-54(32-44-36-88-48-18-8-6-16-46(44)48)74(120)102-28-14-22-58(102)76(122)100(4)42(2)68(114)98-56(40-124)66(80)112/h5-8,15-18,35-36,41-42,49-58,87-88,123-124H,9-14,19-34,37-40H2,1-4H3,(H2,79,111)(H2,80,112)(H,89,115)(H,90,116)(H,91,103)(H,92,104)(H,93,105)(H,94,106)(H,95,117)(H,96,118)(H,97,113)(H,98,114)(H,107,108)(H,109,110)(H4,81,82,85)(H4,83,84,86)/t41-,42-,49-,50-,51-,52-,53-,54-,55-,56-,57-,58-/m0/s1. The van der Waals surface area contributed by atoms with Crippen LogP contribution in [0.25, 0.3) is 21.8 Å². The third kappa shape index (κ3) is 32.2. The molecule has 16 amide bonds. The number of H-pyrrole nitrogens is 2. The molecule has 690 valence electrons. The van der Waals surface area contributed by atoms with Crippen molar-refractivity contribution in [1.82, 2.24) is 93.4 Å². The molecule has 0 aliphatic carbocycles. The number of carboxylic acid groups (broad SMARTS) is 2. The van der Waals surface area contributed by atoms with Gasteiger partial charge in [-0.15, -0.1) is 0 Å². The van der Waals surface area contributed by atoms with Gasteiger partial charge in [-0.3, -0.25) is 97.1 Å². The number of hydrogen-bond acceptors (Lipinski definition) is 24. The van der Waals surface area contributed by atoms with Gasteiger partial charge in [-0.2, -0.15) is 25.3 Å². The number of benzene rings is 2. The number of nitrogens with one attached hydrogen (secondary N) is 16. The maximum absolute atomic E-state index is 14.8. The molecule has 12 atom stereocenters. The highest BCUT2D eigenvalue weighted by atomic mass is 33.1. The van der Waals surface area contributed by atoms with Gasteiger partial charge in [-0.05, 0) is 101 Å². The van der Waals surface area contributed by atoms with Crippen LogP contribution >= 0.6 is 46.8 Å². The monoisotopic (exact) mass is 1830 g/mol. The summed E-state index contributed by atoms with van der Waals surface area (Å²) in [4.78, 5) is 254. The quantitative estimate of drug-likeness (QED) is 0.00651. The lowest BCUT2D eigenvalue weighted by Gasteiger charge is -2.33. The summed E-state index contributed by atoms with van der Waals surface area (Å²) in [5, 5.41) is 66.5. The molecular formula is C78H114N24O20S4. The highest BCUT2D eigenvalue weighted by Crippen LogP contribution is 2.28. The average molecular weight is 1840 g/mol. The Morgan fingerprint density at radius 3 is 1.16 bits per heavy atom. The fourth-order valence-corrected chi connectivity index (χ4v) is 16.4. The zero-order valence-corrected chi connectivity index (χ0v) is 73.6. The molecule has 0 spiro atoms. The van der Waals surface area contributed by atoms with E-state index in [1.165, 1.54) is 59.3 Å². The van der Waals surface area contributed by atoms with Crippen molar-refractivity contribution in [2.24, 2.45) is 22.9 Å². The van der Waals surface area contributed by atoms with Crippen LogP contribution in [0.15, 0.2) is 60.9 Å². The Morgan fingerprint density at radius 2 is 0.817 bits per heavy atom. The summed E-state index contributed by atoms with van der Waals surface area (Å²) in [6.07, 6.45) is 2.70. The van der Waals surface area contributed by atoms with Gasteiger partial charge in [0.2, 0.25) is 94.5 Å². The number of likely N-dealkylation sites (tertiary alicyclic amines) is 2. The number of rotatable bonds is 53. The number of likely N-dealkylation sites (N-methyl/N-ethyl adjacent to an activating group) is 2. The van der Waals surface area contributed by atoms with E-state index in [1.54, 1.807) is 60.9 Å². The first-order valence-electron chi connectivity index (χ1n) is 40.7. The average Bonchev–Trinajstić information content (AvgIpc) is 1.64. The lowest BCUT2D eigenvalue weighted by atomic mass is 10.0. The van der Waals surface area contributed by atoms with Crippen molar-refractivity contribution in [3.8, 4) is 0 Å². The van der Waals surface area contributed by atoms with Gasteiger partial charge in [0.25, 0.3) is 0 Å². The van der Waals surface area contributed by atoms with Gasteiger partial charge in [-0.25, -0.2) is 0 Å². The molecule has 4 heterocycles. The van der Waals surface area contributed by atoms with E-state index in [1.807, 2.05) is 0 Å². The van der Waals surface area contributed by atoms with Crippen LogP contribution in [0.2, 0.25) is 0 Å². The van der Waals surface area contributed by atoms with Gasteiger partial charge in [0.1, 0.15) is 72.5 Å². The minimum atomic E-state index is -1.86. The zero-order chi connectivity index (χ0) is 93.0. The zero-order valence-electron chi connectivity index (χ0n) is 70.1. The lowest BCUT2D eigenvalue weighted by Crippen LogP contribution is -2.59. The Morgan fingerprint density at radius 1 is 0.468 bits per heavy atom. The van der Waals surface area contributed by atoms with Crippen LogP contribution in [-0.2, 0) is 99.1 Å². The van der Waals surface area contributed by atoms with Gasteiger partial charge < -0.3 is 127 Å². The van der Waals surface area contributed by atoms with E-state index in [0.717, 1.165) is 9.80 Å². The molecule has 0 bridgehead atoms. The number of nitrogens with two attached hydrogens (primary N) is 4. The predicted molar refractivity (Wildman–Crippen MR) is 472 cm³/mol. The molecule has 26 N–H and O–H groups in total. The maximum atomic E-state index is 14.8. The first-order chi connectivity index (χ1) is 59.8. The molecule has 6 rings (SSSR count). The highest BCUT2D eigenvalue weighted by molar-refractivity contribution is 8.76. The summed E-state index contributed by atoms with van der Waals surface area (Å²) in [6, 6.07) is -2.01. The van der Waals surface area contributed by atoms with Crippen molar-refractivity contribution in [3.63, 3.8) is 0 Å². The van der Waals surface area contributed by atoms with Crippen LogP contribution in [-0.4, -0.2) is 307 Å². The fourth-order valence-electron chi connectivity index (χ4n) is 13.9. The second-order valence-electron chi connectivity index (χ2n) is 30.1. The number of carboxylic acids is 2. The van der Waals surface area contributed by atoms with E-state index in [0.29, 0.717) is 58.6 Å². The summed E-state index contributed by atoms with van der Waals surface area (Å²) in [6.45, 7) is 1.63. The van der Waals surface area contributed by atoms with Crippen molar-refractivity contribution in [1.29, 1.82) is 10.8 Å². The van der Waals surface area contributed by atoms with Crippen LogP contribution in [0.3, 0.4) is 0 Å². The number of nitrogens with zero attached hydrogens (tertiary/aromatic N) is 4. The molecule has 2 saturated heterocycles. The van der Waals surface area contributed by atoms with Crippen LogP contribution in [0.4, 0.5) is 0 Å². The van der Waals surface area contributed by atoms with Crippen LogP contribution < -0.4 is 86.7 Å². The molecule has 0 radical (unpaired) electrons. The van der Waals surface area contributed by atoms with Gasteiger partial charge >= 0.3 is 11.9 Å². The Labute approximate surface area is 744 Å². The smallest absolute Gasteiger partial charge is 0.305 e. The van der Waals surface area contributed by atoms with Crippen molar-refractivity contribution in [2.75, 3.05) is 76.4 Å². The Hall–Kier alpha value is -12.1. The molecule has 44 nitrogen and oxygen atoms in total. The summed E-state index contributed by atoms with van der Waals surface area (Å²) >= 11 is 8.11. The largest absolute Gasteiger partial charge is 0.481 e. The number of amides is 16. The van der Waals surface area contributed by atoms with E-state index in [-0.39, 0.29) is 125 Å². The number of thiol groups is 2. The molecule has 2 aromatic carbocycles. The molecule has 2 aromatic heterocycles. The first kappa shape index (κ1) is 103. The number of aromatic amines is 2. The van der Waals surface area contributed by atoms with Gasteiger partial charge in [0, 0.05) is 123 Å². The van der Waals surface area contributed by atoms with Crippen LogP contribution in [0.1, 0.15) is 115 Å². The topological polar surface area (TPSA) is 688 Å². The second-order valence-corrected chi connectivity index (χ2v) is 33.5. The normalized spacial score (nSPS) is 15.9. The molecule has 0 unspecified atom stereocenters. The number of carbonyl (C=O) groups is 18. The van der Waals surface area contributed by atoms with E-state index in [2.05, 4.69) is 99.0 Å². The predicted octanol–water partition coefficient (Wildman–Crippen LogP) is -4.53. The highest BCUT2D eigenvalue weighted by Gasteiger charge is 2.44. The Kier molecular flexibility index (Phi) is 41.9. The third-order valence-electron chi connectivity index (χ3n) is 21.0. The number of unbranched alkanes of at least 4 members (excludes halogenated alkanes) is 2. The van der Waals surface area contributed by atoms with Gasteiger partial charge in [0.15, 0.2) is 11.9 Å². The van der Waals surface area contributed by atoms with Crippen molar-refractivity contribution >= 4 is 187 Å². The number of primary amides is 2. The van der Waals surface area contributed by atoms with Gasteiger partial charge in [-0.1, -0.05) is 58.0 Å². The van der Waals surface area contributed by atoms with Gasteiger partial charge in [0.05, 0.1) is 25.9 Å². The maximum Gasteiger partial charge on any atom is 0.305 e. The summed E-state index contributed by atoms with van der Waals surface area (Å²) in [7, 11) is 5.04. The third-order valence-corrected chi connectivity index (χ3v) is 24.1. The number of aliphatic carboxylic acids is 2. The minimum Gasteiger partial charge on any atom is -0.481 e. The lowest BCUT2D eigenvalue weighted by molar-refractivity contribution is -0.148. The van der Waals surface area contributed by atoms with E-state index < -0.39 is 205 Å². The SMILES string of the molecule is C[C@@H](C(=O)N[C@@H](CS)C(N)=O)N(C)C(=O)[C@@H]1CCCN1C(=O)[C@H](Cc1c[nH]c2ccccc12)NC(=O)[C@H](CC(=O)O)NC(=O)CNC(=O)[C@H](CCCCNC(=N)N)NC(=O)CCSSCCC(=O)N[C@@H](CCCCNC(=N)N)C(=O)NCC(=O)N[C@@H](CC(=O)O)C(=O)N[C@@H](Cc1c[nH]c2ccccc12)C(=O)N1CCC[C@H]1C(=O)N(C)[C@@H](C)C(=O)N[C@@H](CS)C(N)=O. The van der Waals surface area contributed by atoms with Crippen molar-refractivity contribution < 1.29 is 96.5 Å². The first-order valence-corrected chi connectivity index (χ1v) is 44.4. The number of hydrogen-bond donors (Lipinski definition) is 24. The molecule has 0 saturated carbocycles. The molecule has 2 aliphatic rings. The number of aromatic nitrogens is 2. The van der Waals surface area contributed by atoms with E-state index in [4.69, 9.17) is 33.8 Å². The molecular weight excluding hydrogens is 1720 g/mol. The minimum absolute atomic E-state index is 0.000951. The van der Waals surface area contributed by atoms with Crippen molar-refractivity contribution in [3.05, 3.63) is 72.1 Å². The number of para-hydroxylation sites is 2. The van der Waals surface area contributed by atoms with E-state index >= 15 is 0 Å². The molecule has 126 heavy (non-hydrogen) atoms. The Bertz CT molecular complexity index is 4320. The number of carbonyl (C=O) groups excluding carboxylic acids is 16. The van der Waals surface area contributed by atoms with Crippen LogP contribution in [0, 0.1) is 10.8 Å². The second kappa shape index (κ2) is 51.4. The van der Waals surface area contributed by atoms with Crippen LogP contribution in [0.5, 0.6) is 0 Å². The fraction of sp³-hybridized carbons (Fsp3) is 0.538. The summed E-state index contributed by atoms with van der Waals surface area (Å²) in [5.74, 6) is -16.9. The molecule has 48 heteroatoms. The Balaban J connectivity index is 1.04. The number of guanidine groups is 2. The molecule has 2 aliphatic heterocycles. The molecule has 2 fully saturated rings. The summed E-state index contributed by atoms with van der Waals surface area (Å²) < 4.78 is 0.